The Morgan fingerprint density at radius 3 is 2.55 bits per heavy atom. The van der Waals surface area contributed by atoms with Crippen molar-refractivity contribution in [3.05, 3.63) is 0 Å². The number of nitrogens with one attached hydrogen (secondary N) is 1. The van der Waals surface area contributed by atoms with Gasteiger partial charge >= 0.3 is 0 Å². The first kappa shape index (κ1) is 8.81. The highest BCUT2D eigenvalue weighted by Gasteiger charge is 2.54. The molecule has 1 saturated carbocycles. The first-order valence-corrected chi connectivity index (χ1v) is 3.75. The fraction of sp³-hybridized carbons (Fsp3) is 0.857. The predicted octanol–water partition coefficient (Wildman–Crippen LogP) is -0.107. The average Bonchev–Trinajstić information content (AvgIpc) is 2.42. The standard InChI is InChI=1S/C7H12N2O.ClH/c8-6(10)5-3-9-4-7(5)1-2-7;/h5,9H,1-4H2,(H2,8,10);1H. The van der Waals surface area contributed by atoms with Gasteiger partial charge in [-0.2, -0.15) is 0 Å². The maximum atomic E-state index is 10.8. The van der Waals surface area contributed by atoms with E-state index in [4.69, 9.17) is 5.73 Å². The molecule has 1 saturated heterocycles. The van der Waals surface area contributed by atoms with E-state index in [0.29, 0.717) is 5.41 Å². The van der Waals surface area contributed by atoms with E-state index in [1.165, 1.54) is 12.8 Å². The van der Waals surface area contributed by atoms with Gasteiger partial charge in [0.15, 0.2) is 0 Å². The van der Waals surface area contributed by atoms with Crippen LogP contribution in [0.3, 0.4) is 0 Å². The Kier molecular flexibility index (Phi) is 2.12. The van der Waals surface area contributed by atoms with Gasteiger partial charge in [0.05, 0.1) is 5.92 Å². The van der Waals surface area contributed by atoms with Crippen LogP contribution >= 0.6 is 12.4 Å². The summed E-state index contributed by atoms with van der Waals surface area (Å²) in [7, 11) is 0. The lowest BCUT2D eigenvalue weighted by Crippen LogP contribution is -2.30. The Balaban J connectivity index is 0.000000605. The predicted molar refractivity (Wildman–Crippen MR) is 44.5 cm³/mol. The number of halogens is 1. The number of hydrogen-bond donors (Lipinski definition) is 2. The highest BCUT2D eigenvalue weighted by atomic mass is 35.5. The molecule has 1 aliphatic carbocycles. The van der Waals surface area contributed by atoms with Crippen molar-refractivity contribution < 1.29 is 4.79 Å². The Morgan fingerprint density at radius 1 is 1.55 bits per heavy atom. The summed E-state index contributed by atoms with van der Waals surface area (Å²) < 4.78 is 0. The largest absolute Gasteiger partial charge is 0.369 e. The molecular formula is C7H13ClN2O. The molecule has 0 radical (unpaired) electrons. The number of amides is 1. The zero-order valence-electron chi connectivity index (χ0n) is 6.30. The molecule has 1 amide bonds. The second-order valence-corrected chi connectivity index (χ2v) is 3.45. The summed E-state index contributed by atoms with van der Waals surface area (Å²) in [4.78, 5) is 10.8. The number of nitrogens with two attached hydrogens (primary N) is 1. The van der Waals surface area contributed by atoms with Crippen LogP contribution in [0.15, 0.2) is 0 Å². The van der Waals surface area contributed by atoms with E-state index in [2.05, 4.69) is 5.32 Å². The van der Waals surface area contributed by atoms with Crippen LogP contribution < -0.4 is 11.1 Å². The molecule has 2 rings (SSSR count). The van der Waals surface area contributed by atoms with Crippen LogP contribution in [-0.4, -0.2) is 19.0 Å². The van der Waals surface area contributed by atoms with Crippen molar-refractivity contribution in [2.24, 2.45) is 17.1 Å². The maximum Gasteiger partial charge on any atom is 0.222 e. The smallest absolute Gasteiger partial charge is 0.222 e. The van der Waals surface area contributed by atoms with E-state index < -0.39 is 0 Å². The molecule has 64 valence electrons. The fourth-order valence-electron chi connectivity index (χ4n) is 1.89. The minimum absolute atomic E-state index is 0. The molecule has 3 N–H and O–H groups in total. The SMILES string of the molecule is Cl.NC(=O)C1CNCC12CC2. The van der Waals surface area contributed by atoms with Gasteiger partial charge < -0.3 is 11.1 Å². The van der Waals surface area contributed by atoms with Gasteiger partial charge in [-0.15, -0.1) is 12.4 Å². The van der Waals surface area contributed by atoms with Crippen LogP contribution in [0.25, 0.3) is 0 Å². The second kappa shape index (κ2) is 2.64. The summed E-state index contributed by atoms with van der Waals surface area (Å²) in [6.07, 6.45) is 2.38. The first-order chi connectivity index (χ1) is 4.75. The lowest BCUT2D eigenvalue weighted by atomic mass is 9.92. The zero-order chi connectivity index (χ0) is 7.19. The molecule has 0 aromatic heterocycles. The van der Waals surface area contributed by atoms with Gasteiger partial charge in [0, 0.05) is 13.1 Å². The Hall–Kier alpha value is -0.280. The average molecular weight is 177 g/mol. The number of carbonyl (C=O) groups is 1. The van der Waals surface area contributed by atoms with E-state index in [0.717, 1.165) is 13.1 Å². The van der Waals surface area contributed by atoms with Crippen LogP contribution in [0.4, 0.5) is 0 Å². The number of carbonyl (C=O) groups excluding carboxylic acids is 1. The maximum absolute atomic E-state index is 10.8. The highest BCUT2D eigenvalue weighted by molar-refractivity contribution is 5.85. The normalized spacial score (nSPS) is 31.5. The van der Waals surface area contributed by atoms with Gasteiger partial charge in [-0.3, -0.25) is 4.79 Å². The topological polar surface area (TPSA) is 55.1 Å². The summed E-state index contributed by atoms with van der Waals surface area (Å²) in [6, 6.07) is 0. The van der Waals surface area contributed by atoms with Crippen molar-refractivity contribution >= 4 is 18.3 Å². The fourth-order valence-corrected chi connectivity index (χ4v) is 1.89. The van der Waals surface area contributed by atoms with Crippen LogP contribution in [0.1, 0.15) is 12.8 Å². The minimum Gasteiger partial charge on any atom is -0.369 e. The quantitative estimate of drug-likeness (QED) is 0.586. The lowest BCUT2D eigenvalue weighted by molar-refractivity contribution is -0.122. The van der Waals surface area contributed by atoms with Crippen LogP contribution in [0, 0.1) is 11.3 Å². The van der Waals surface area contributed by atoms with Crippen LogP contribution in [0.5, 0.6) is 0 Å². The van der Waals surface area contributed by atoms with E-state index in [9.17, 15) is 4.79 Å². The van der Waals surface area contributed by atoms with Crippen molar-refractivity contribution in [3.8, 4) is 0 Å². The summed E-state index contributed by atoms with van der Waals surface area (Å²) in [6.45, 7) is 1.80. The van der Waals surface area contributed by atoms with Gasteiger partial charge in [0.25, 0.3) is 0 Å². The number of rotatable bonds is 1. The van der Waals surface area contributed by atoms with E-state index in [-0.39, 0.29) is 24.2 Å². The second-order valence-electron chi connectivity index (χ2n) is 3.45. The molecule has 0 aromatic carbocycles. The molecule has 2 fully saturated rings. The minimum atomic E-state index is -0.123. The van der Waals surface area contributed by atoms with Crippen molar-refractivity contribution in [3.63, 3.8) is 0 Å². The summed E-state index contributed by atoms with van der Waals surface area (Å²) >= 11 is 0. The van der Waals surface area contributed by atoms with E-state index >= 15 is 0 Å². The van der Waals surface area contributed by atoms with E-state index in [1.807, 2.05) is 0 Å². The molecule has 2 aliphatic rings. The molecule has 1 spiro atoms. The Morgan fingerprint density at radius 2 is 2.18 bits per heavy atom. The number of hydrogen-bond acceptors (Lipinski definition) is 2. The third-order valence-electron chi connectivity index (χ3n) is 2.80. The monoisotopic (exact) mass is 176 g/mol. The highest BCUT2D eigenvalue weighted by Crippen LogP contribution is 2.53. The van der Waals surface area contributed by atoms with Crippen LogP contribution in [0.2, 0.25) is 0 Å². The molecule has 1 aliphatic heterocycles. The molecular weight excluding hydrogens is 164 g/mol. The van der Waals surface area contributed by atoms with Gasteiger partial charge in [-0.1, -0.05) is 0 Å². The van der Waals surface area contributed by atoms with Gasteiger partial charge in [-0.05, 0) is 18.3 Å². The van der Waals surface area contributed by atoms with Crippen LogP contribution in [-0.2, 0) is 4.79 Å². The molecule has 11 heavy (non-hydrogen) atoms. The van der Waals surface area contributed by atoms with Crippen molar-refractivity contribution in [1.29, 1.82) is 0 Å². The third-order valence-corrected chi connectivity index (χ3v) is 2.80. The molecule has 0 bridgehead atoms. The van der Waals surface area contributed by atoms with Gasteiger partial charge in [-0.25, -0.2) is 0 Å². The Bertz CT molecular complexity index is 179. The zero-order valence-corrected chi connectivity index (χ0v) is 7.12. The number of primary amides is 1. The van der Waals surface area contributed by atoms with Gasteiger partial charge in [0.1, 0.15) is 0 Å². The molecule has 4 heteroatoms. The summed E-state index contributed by atoms with van der Waals surface area (Å²) in [5.41, 5.74) is 5.53. The molecule has 1 atom stereocenters. The van der Waals surface area contributed by atoms with Crippen molar-refractivity contribution in [2.75, 3.05) is 13.1 Å². The Labute approximate surface area is 72.1 Å². The summed E-state index contributed by atoms with van der Waals surface area (Å²) in [5.74, 6) is -0.00463. The molecule has 1 unspecified atom stereocenters. The van der Waals surface area contributed by atoms with Gasteiger partial charge in [0.2, 0.25) is 5.91 Å². The molecule has 1 heterocycles. The third kappa shape index (κ3) is 1.23. The molecule has 3 nitrogen and oxygen atoms in total. The first-order valence-electron chi connectivity index (χ1n) is 3.75. The lowest BCUT2D eigenvalue weighted by Gasteiger charge is -2.11. The van der Waals surface area contributed by atoms with E-state index in [1.54, 1.807) is 0 Å². The molecule has 0 aromatic rings. The van der Waals surface area contributed by atoms with Crippen molar-refractivity contribution in [2.45, 2.75) is 12.8 Å². The summed E-state index contributed by atoms with van der Waals surface area (Å²) in [5, 5.41) is 3.21. The van der Waals surface area contributed by atoms with Crippen molar-refractivity contribution in [1.82, 2.24) is 5.32 Å².